The molecule has 3 rings (SSSR count). The highest BCUT2D eigenvalue weighted by Crippen LogP contribution is 2.39. The summed E-state index contributed by atoms with van der Waals surface area (Å²) >= 11 is 2.93. The van der Waals surface area contributed by atoms with Crippen molar-refractivity contribution in [1.29, 1.82) is 0 Å². The Labute approximate surface area is 122 Å². The van der Waals surface area contributed by atoms with Crippen LogP contribution in [0, 0.1) is 0 Å². The molecule has 2 aromatic heterocycles. The highest BCUT2D eigenvalue weighted by Gasteiger charge is 2.35. The summed E-state index contributed by atoms with van der Waals surface area (Å²) in [4.78, 5) is 4.30. The van der Waals surface area contributed by atoms with Gasteiger partial charge in [0.05, 0.1) is 10.2 Å². The van der Waals surface area contributed by atoms with E-state index in [1.54, 1.807) is 18.2 Å². The quantitative estimate of drug-likeness (QED) is 0.720. The molecule has 2 N–H and O–H groups in total. The molecule has 104 valence electrons. The van der Waals surface area contributed by atoms with Gasteiger partial charge in [0.25, 0.3) is 0 Å². The number of fused-ring (bicyclic) bond motifs is 1. The first kappa shape index (κ1) is 13.6. The molecule has 3 aromatic rings. The number of anilines is 1. The summed E-state index contributed by atoms with van der Waals surface area (Å²) in [5, 5.41) is 5.70. The maximum Gasteiger partial charge on any atom is 0.445 e. The third kappa shape index (κ3) is 2.72. The third-order valence-corrected chi connectivity index (χ3v) is 5.31. The third-order valence-electron chi connectivity index (χ3n) is 2.22. The molecule has 0 bridgehead atoms. The Morgan fingerprint density at radius 3 is 2.60 bits per heavy atom. The Hall–Kier alpha value is -1.39. The average Bonchev–Trinajstić information content (AvgIpc) is 2.94. The molecule has 0 spiro atoms. The molecule has 1 aromatic carbocycles. The van der Waals surface area contributed by atoms with E-state index in [0.717, 1.165) is 22.0 Å². The Balaban J connectivity index is 1.87. The number of nitrogens with two attached hydrogens (primary N) is 1. The number of thiazole rings is 1. The molecule has 10 heteroatoms. The first-order valence-corrected chi connectivity index (χ1v) is 7.61. The van der Waals surface area contributed by atoms with Crippen LogP contribution in [0.3, 0.4) is 0 Å². The van der Waals surface area contributed by atoms with E-state index >= 15 is 0 Å². The molecule has 0 amide bonds. The van der Waals surface area contributed by atoms with E-state index in [2.05, 4.69) is 15.2 Å². The minimum absolute atomic E-state index is 0.212. The zero-order valence-electron chi connectivity index (χ0n) is 9.51. The van der Waals surface area contributed by atoms with Crippen LogP contribution in [0.2, 0.25) is 0 Å². The molecule has 0 fully saturated rings. The number of hydrogen-bond acceptors (Lipinski definition) is 7. The van der Waals surface area contributed by atoms with Gasteiger partial charge in [-0.3, -0.25) is 0 Å². The minimum Gasteiger partial charge on any atom is -0.399 e. The van der Waals surface area contributed by atoms with Crippen molar-refractivity contribution in [3.05, 3.63) is 23.2 Å². The Morgan fingerprint density at radius 1 is 1.10 bits per heavy atom. The number of benzene rings is 1. The van der Waals surface area contributed by atoms with Crippen molar-refractivity contribution in [2.75, 3.05) is 5.73 Å². The van der Waals surface area contributed by atoms with Crippen LogP contribution >= 0.6 is 34.4 Å². The highest BCUT2D eigenvalue weighted by atomic mass is 32.2. The van der Waals surface area contributed by atoms with Crippen LogP contribution in [0.5, 0.6) is 0 Å². The molecular weight excluding hydrogens is 329 g/mol. The maximum absolute atomic E-state index is 12.4. The lowest BCUT2D eigenvalue weighted by molar-refractivity contribution is -0.138. The van der Waals surface area contributed by atoms with E-state index in [1.807, 2.05) is 0 Å². The monoisotopic (exact) mass is 334 g/mol. The molecule has 0 aliphatic carbocycles. The van der Waals surface area contributed by atoms with E-state index in [4.69, 9.17) is 5.73 Å². The average molecular weight is 334 g/mol. The lowest BCUT2D eigenvalue weighted by Crippen LogP contribution is -2.03. The molecule has 0 aliphatic heterocycles. The van der Waals surface area contributed by atoms with Crippen molar-refractivity contribution in [3.63, 3.8) is 0 Å². The fraction of sp³-hybridized carbons (Fsp3) is 0.100. The summed E-state index contributed by atoms with van der Waals surface area (Å²) in [7, 11) is 0. The lowest BCUT2D eigenvalue weighted by atomic mass is 10.3. The second kappa shape index (κ2) is 4.86. The van der Waals surface area contributed by atoms with Gasteiger partial charge in [0.2, 0.25) is 5.01 Å². The van der Waals surface area contributed by atoms with E-state index in [0.29, 0.717) is 21.4 Å². The largest absolute Gasteiger partial charge is 0.445 e. The van der Waals surface area contributed by atoms with Gasteiger partial charge in [0, 0.05) is 5.69 Å². The van der Waals surface area contributed by atoms with E-state index in [1.165, 1.54) is 11.3 Å². The van der Waals surface area contributed by atoms with Crippen molar-refractivity contribution in [1.82, 2.24) is 15.2 Å². The lowest BCUT2D eigenvalue weighted by Gasteiger charge is -1.97. The second-order valence-corrected chi connectivity index (χ2v) is 7.18. The van der Waals surface area contributed by atoms with Gasteiger partial charge in [0.15, 0.2) is 8.68 Å². The molecule has 0 saturated heterocycles. The number of rotatable bonds is 2. The van der Waals surface area contributed by atoms with Crippen molar-refractivity contribution >= 4 is 50.3 Å². The SMILES string of the molecule is Nc1ccc2nc(Sc3nnc(C(F)(F)F)s3)sc2c1. The molecule has 0 saturated carbocycles. The van der Waals surface area contributed by atoms with Crippen LogP contribution < -0.4 is 5.73 Å². The number of aromatic nitrogens is 3. The molecule has 4 nitrogen and oxygen atoms in total. The van der Waals surface area contributed by atoms with E-state index < -0.39 is 11.2 Å². The predicted octanol–water partition coefficient (Wildman–Crippen LogP) is 3.90. The summed E-state index contributed by atoms with van der Waals surface area (Å²) in [6.45, 7) is 0. The molecule has 0 radical (unpaired) electrons. The van der Waals surface area contributed by atoms with E-state index in [9.17, 15) is 13.2 Å². The van der Waals surface area contributed by atoms with Gasteiger partial charge < -0.3 is 5.73 Å². The summed E-state index contributed by atoms with van der Waals surface area (Å²) in [6.07, 6.45) is -4.46. The van der Waals surface area contributed by atoms with E-state index in [-0.39, 0.29) is 4.34 Å². The summed E-state index contributed by atoms with van der Waals surface area (Å²) < 4.78 is 39.0. The van der Waals surface area contributed by atoms with Gasteiger partial charge in [-0.1, -0.05) is 11.3 Å². The van der Waals surface area contributed by atoms with Gasteiger partial charge in [-0.2, -0.15) is 13.2 Å². The first-order chi connectivity index (χ1) is 9.41. The van der Waals surface area contributed by atoms with Gasteiger partial charge in [-0.25, -0.2) is 4.98 Å². The fourth-order valence-electron chi connectivity index (χ4n) is 1.40. The number of nitrogen functional groups attached to an aromatic ring is 1. The number of halogens is 3. The maximum atomic E-state index is 12.4. The van der Waals surface area contributed by atoms with Crippen LogP contribution in [0.1, 0.15) is 5.01 Å². The topological polar surface area (TPSA) is 64.7 Å². The van der Waals surface area contributed by atoms with Crippen LogP contribution in [-0.2, 0) is 6.18 Å². The van der Waals surface area contributed by atoms with Crippen molar-refractivity contribution in [2.24, 2.45) is 0 Å². The summed E-state index contributed by atoms with van der Waals surface area (Å²) in [5.41, 5.74) is 7.04. The summed E-state index contributed by atoms with van der Waals surface area (Å²) in [6, 6.07) is 5.27. The van der Waals surface area contributed by atoms with Crippen molar-refractivity contribution in [3.8, 4) is 0 Å². The molecule has 0 aliphatic rings. The van der Waals surface area contributed by atoms with Crippen LogP contribution in [0.25, 0.3) is 10.2 Å². The first-order valence-electron chi connectivity index (χ1n) is 5.16. The standard InChI is InChI=1S/C10H5F3N4S3/c11-10(12,13)7-16-17-9(19-7)20-8-15-5-2-1-4(14)3-6(5)18-8/h1-3H,14H2. The molecule has 0 atom stereocenters. The number of hydrogen-bond donors (Lipinski definition) is 1. The number of nitrogens with zero attached hydrogens (tertiary/aromatic N) is 3. The Bertz CT molecular complexity index is 765. The minimum atomic E-state index is -4.46. The molecule has 0 unspecified atom stereocenters. The summed E-state index contributed by atoms with van der Waals surface area (Å²) in [5.74, 6) is 0. The smallest absolute Gasteiger partial charge is 0.399 e. The zero-order valence-corrected chi connectivity index (χ0v) is 12.0. The Morgan fingerprint density at radius 2 is 1.90 bits per heavy atom. The second-order valence-electron chi connectivity index (χ2n) is 3.68. The van der Waals surface area contributed by atoms with Crippen molar-refractivity contribution < 1.29 is 13.2 Å². The van der Waals surface area contributed by atoms with Gasteiger partial charge in [-0.15, -0.1) is 21.5 Å². The predicted molar refractivity (Wildman–Crippen MR) is 73.1 cm³/mol. The van der Waals surface area contributed by atoms with Gasteiger partial charge >= 0.3 is 6.18 Å². The van der Waals surface area contributed by atoms with Crippen LogP contribution in [0.4, 0.5) is 18.9 Å². The highest BCUT2D eigenvalue weighted by molar-refractivity contribution is 8.02. The normalized spacial score (nSPS) is 12.2. The zero-order chi connectivity index (χ0) is 14.3. The Kier molecular flexibility index (Phi) is 3.30. The molecular formula is C10H5F3N4S3. The van der Waals surface area contributed by atoms with Gasteiger partial charge in [0.1, 0.15) is 0 Å². The van der Waals surface area contributed by atoms with Crippen LogP contribution in [0.15, 0.2) is 26.9 Å². The van der Waals surface area contributed by atoms with Crippen molar-refractivity contribution in [2.45, 2.75) is 14.9 Å². The molecule has 20 heavy (non-hydrogen) atoms. The number of alkyl halides is 3. The molecule has 2 heterocycles. The van der Waals surface area contributed by atoms with Crippen LogP contribution in [-0.4, -0.2) is 15.2 Å². The van der Waals surface area contributed by atoms with Gasteiger partial charge in [-0.05, 0) is 30.0 Å². The fourth-order valence-corrected chi connectivity index (χ4v) is 4.44.